The third kappa shape index (κ3) is 2.80. The Labute approximate surface area is 153 Å². The van der Waals surface area contributed by atoms with Crippen molar-refractivity contribution in [3.63, 3.8) is 0 Å². The summed E-state index contributed by atoms with van der Waals surface area (Å²) >= 11 is 3.32. The van der Waals surface area contributed by atoms with E-state index in [0.717, 1.165) is 5.69 Å². The number of aromatic nitrogens is 1. The van der Waals surface area contributed by atoms with Gasteiger partial charge in [0.05, 0.1) is 15.7 Å². The molecule has 4 nitrogen and oxygen atoms in total. The van der Waals surface area contributed by atoms with E-state index >= 15 is 0 Å². The van der Waals surface area contributed by atoms with Crippen LogP contribution in [-0.4, -0.2) is 28.7 Å². The molecule has 0 fully saturated rings. The molecule has 0 radical (unpaired) electrons. The molecule has 0 saturated carbocycles. The van der Waals surface area contributed by atoms with Crippen molar-refractivity contribution >= 4 is 38.5 Å². The number of nitrogens with zero attached hydrogens (tertiary/aromatic N) is 2. The number of hydrogen-bond acceptors (Lipinski definition) is 2. The van der Waals surface area contributed by atoms with Gasteiger partial charge in [0.2, 0.25) is 0 Å². The van der Waals surface area contributed by atoms with Crippen molar-refractivity contribution in [3.05, 3.63) is 58.4 Å². The van der Waals surface area contributed by atoms with Gasteiger partial charge in [-0.25, -0.2) is 9.18 Å². The zero-order chi connectivity index (χ0) is 18.1. The van der Waals surface area contributed by atoms with Gasteiger partial charge in [0.15, 0.2) is 5.69 Å². The highest BCUT2D eigenvalue weighted by Gasteiger charge is 2.28. The van der Waals surface area contributed by atoms with Crippen molar-refractivity contribution in [3.8, 4) is 5.69 Å². The van der Waals surface area contributed by atoms with Gasteiger partial charge in [0.1, 0.15) is 5.82 Å². The fourth-order valence-electron chi connectivity index (χ4n) is 3.19. The molecule has 6 heteroatoms. The van der Waals surface area contributed by atoms with Crippen molar-refractivity contribution < 1.29 is 14.3 Å². The number of halogens is 2. The van der Waals surface area contributed by atoms with Gasteiger partial charge in [-0.15, -0.1) is 0 Å². The van der Waals surface area contributed by atoms with E-state index in [1.54, 1.807) is 10.6 Å². The largest absolute Gasteiger partial charge is 0.476 e. The van der Waals surface area contributed by atoms with E-state index in [2.05, 4.69) is 15.9 Å². The monoisotopic (exact) mass is 404 g/mol. The molecule has 0 amide bonds. The first-order chi connectivity index (χ1) is 12.0. The number of anilines is 1. The first kappa shape index (κ1) is 17.5. The minimum Gasteiger partial charge on any atom is -0.476 e. The number of carboxylic acid groups (broad SMARTS) is 1. The Hall–Kier alpha value is -2.34. The summed E-state index contributed by atoms with van der Waals surface area (Å²) in [6.45, 7) is 5.14. The fraction of sp³-hybridized carbons (Fsp3) is 0.211. The Bertz CT molecular complexity index is 934. The maximum atomic E-state index is 14.2. The summed E-state index contributed by atoms with van der Waals surface area (Å²) in [5.74, 6) is -1.46. The maximum Gasteiger partial charge on any atom is 0.355 e. The zero-order valence-electron chi connectivity index (χ0n) is 14.0. The van der Waals surface area contributed by atoms with Crippen LogP contribution in [0.2, 0.25) is 0 Å². The number of carboxylic acids is 1. The smallest absolute Gasteiger partial charge is 0.355 e. The van der Waals surface area contributed by atoms with Gasteiger partial charge in [-0.05, 0) is 54.0 Å². The summed E-state index contributed by atoms with van der Waals surface area (Å²) in [6.07, 6.45) is 0. The van der Waals surface area contributed by atoms with Crippen molar-refractivity contribution in [2.24, 2.45) is 0 Å². The molecule has 0 atom stereocenters. The molecule has 25 heavy (non-hydrogen) atoms. The second kappa shape index (κ2) is 6.88. The molecule has 0 aliphatic rings. The van der Waals surface area contributed by atoms with Crippen LogP contribution in [-0.2, 0) is 0 Å². The van der Waals surface area contributed by atoms with Gasteiger partial charge in [-0.1, -0.05) is 18.2 Å². The Balaban J connectivity index is 2.53. The summed E-state index contributed by atoms with van der Waals surface area (Å²) in [4.78, 5) is 14.1. The molecule has 0 saturated heterocycles. The van der Waals surface area contributed by atoms with E-state index in [1.807, 2.05) is 49.1 Å². The number of fused-ring (bicyclic) bond motifs is 1. The molecule has 3 rings (SSSR count). The summed E-state index contributed by atoms with van der Waals surface area (Å²) in [5.41, 5.74) is 2.04. The van der Waals surface area contributed by atoms with Crippen molar-refractivity contribution in [1.29, 1.82) is 0 Å². The zero-order valence-corrected chi connectivity index (χ0v) is 15.5. The van der Waals surface area contributed by atoms with E-state index in [0.29, 0.717) is 29.7 Å². The Kier molecular flexibility index (Phi) is 4.81. The summed E-state index contributed by atoms with van der Waals surface area (Å²) in [6, 6.07) is 12.2. The third-order valence-corrected chi connectivity index (χ3v) is 5.07. The molecule has 0 spiro atoms. The lowest BCUT2D eigenvalue weighted by molar-refractivity contribution is 0.0689. The fourth-order valence-corrected chi connectivity index (χ4v) is 3.71. The van der Waals surface area contributed by atoms with E-state index in [-0.39, 0.29) is 10.2 Å². The number of aromatic carboxylic acids is 1. The molecule has 0 aliphatic heterocycles. The lowest BCUT2D eigenvalue weighted by Crippen LogP contribution is -2.24. The number of rotatable bonds is 5. The highest BCUT2D eigenvalue weighted by atomic mass is 79.9. The van der Waals surface area contributed by atoms with Crippen molar-refractivity contribution in [1.82, 2.24) is 4.57 Å². The van der Waals surface area contributed by atoms with Gasteiger partial charge in [-0.2, -0.15) is 0 Å². The van der Waals surface area contributed by atoms with Crippen LogP contribution in [0.3, 0.4) is 0 Å². The molecule has 0 unspecified atom stereocenters. The van der Waals surface area contributed by atoms with Crippen LogP contribution in [0.5, 0.6) is 0 Å². The van der Waals surface area contributed by atoms with Gasteiger partial charge >= 0.3 is 5.97 Å². The third-order valence-electron chi connectivity index (χ3n) is 4.30. The average Bonchev–Trinajstić information content (AvgIpc) is 2.96. The summed E-state index contributed by atoms with van der Waals surface area (Å²) in [5, 5.41) is 10.5. The van der Waals surface area contributed by atoms with Crippen LogP contribution in [0.1, 0.15) is 24.3 Å². The van der Waals surface area contributed by atoms with Gasteiger partial charge in [0.25, 0.3) is 0 Å². The minimum absolute atomic E-state index is 0.135. The van der Waals surface area contributed by atoms with Crippen LogP contribution in [0, 0.1) is 5.82 Å². The van der Waals surface area contributed by atoms with Crippen LogP contribution in [0.15, 0.2) is 46.9 Å². The Morgan fingerprint density at radius 2 is 1.80 bits per heavy atom. The van der Waals surface area contributed by atoms with E-state index in [9.17, 15) is 14.3 Å². The topological polar surface area (TPSA) is 45.5 Å². The summed E-state index contributed by atoms with van der Waals surface area (Å²) in [7, 11) is 0. The van der Waals surface area contributed by atoms with Crippen molar-refractivity contribution in [2.45, 2.75) is 13.8 Å². The first-order valence-electron chi connectivity index (χ1n) is 8.07. The Morgan fingerprint density at radius 3 is 2.36 bits per heavy atom. The lowest BCUT2D eigenvalue weighted by Gasteiger charge is -2.22. The number of carbonyl (C=O) groups is 1. The molecule has 130 valence electrons. The first-order valence-corrected chi connectivity index (χ1v) is 8.86. The van der Waals surface area contributed by atoms with E-state index in [1.165, 1.54) is 6.07 Å². The standard InChI is InChI=1S/C19H18BrFN2O2/c1-3-22(4-2)17-15-14(11-10-13(21)16(15)20)23(18(17)19(24)25)12-8-6-5-7-9-12/h5-11H,3-4H2,1-2H3,(H,24,25). The highest BCUT2D eigenvalue weighted by Crippen LogP contribution is 2.41. The van der Waals surface area contributed by atoms with E-state index in [4.69, 9.17) is 0 Å². The second-order valence-corrected chi connectivity index (χ2v) is 6.39. The summed E-state index contributed by atoms with van der Waals surface area (Å²) < 4.78 is 16.2. The minimum atomic E-state index is -1.05. The SMILES string of the molecule is CCN(CC)c1c(C(=O)O)n(-c2ccccc2)c2ccc(F)c(Br)c12. The predicted octanol–water partition coefficient (Wildman–Crippen LogP) is 5.08. The second-order valence-electron chi connectivity index (χ2n) is 5.60. The van der Waals surface area contributed by atoms with Gasteiger partial charge < -0.3 is 14.6 Å². The van der Waals surface area contributed by atoms with Gasteiger partial charge in [0, 0.05) is 24.2 Å². The number of benzene rings is 2. The normalized spacial score (nSPS) is 11.0. The Morgan fingerprint density at radius 1 is 1.16 bits per heavy atom. The van der Waals surface area contributed by atoms with E-state index < -0.39 is 11.8 Å². The molecule has 0 bridgehead atoms. The van der Waals surface area contributed by atoms with Crippen LogP contribution >= 0.6 is 15.9 Å². The molecule has 1 N–H and O–H groups in total. The molecular formula is C19H18BrFN2O2. The van der Waals surface area contributed by atoms with Crippen molar-refractivity contribution in [2.75, 3.05) is 18.0 Å². The molecule has 2 aromatic carbocycles. The number of hydrogen-bond donors (Lipinski definition) is 1. The molecule has 1 heterocycles. The van der Waals surface area contributed by atoms with Crippen LogP contribution < -0.4 is 4.90 Å². The lowest BCUT2D eigenvalue weighted by atomic mass is 10.2. The van der Waals surface area contributed by atoms with Crippen LogP contribution in [0.25, 0.3) is 16.6 Å². The quantitative estimate of drug-likeness (QED) is 0.644. The molecular weight excluding hydrogens is 387 g/mol. The predicted molar refractivity (Wildman–Crippen MR) is 101 cm³/mol. The maximum absolute atomic E-state index is 14.2. The van der Waals surface area contributed by atoms with Crippen LogP contribution in [0.4, 0.5) is 10.1 Å². The average molecular weight is 405 g/mol. The molecule has 1 aromatic heterocycles. The number of para-hydroxylation sites is 1. The highest BCUT2D eigenvalue weighted by molar-refractivity contribution is 9.10. The molecule has 3 aromatic rings. The molecule has 0 aliphatic carbocycles. The van der Waals surface area contributed by atoms with Gasteiger partial charge in [-0.3, -0.25) is 0 Å².